The van der Waals surface area contributed by atoms with Gasteiger partial charge in [-0.05, 0) is 24.6 Å². The molecule has 23 heavy (non-hydrogen) atoms. The maximum Gasteiger partial charge on any atom is 0.273 e. The summed E-state index contributed by atoms with van der Waals surface area (Å²) in [5.74, 6) is 0.0531. The average Bonchev–Trinajstić information content (AvgIpc) is 3.17. The molecule has 1 saturated heterocycles. The lowest BCUT2D eigenvalue weighted by molar-refractivity contribution is 0.0177. The van der Waals surface area contributed by atoms with E-state index in [1.807, 2.05) is 23.6 Å². The second-order valence-corrected chi connectivity index (χ2v) is 7.36. The zero-order valence-corrected chi connectivity index (χ0v) is 14.2. The SMILES string of the molecule is CCc1nc2ccc(C(=O)N3CC(Oc4nccs4)C3)cc2s1. The van der Waals surface area contributed by atoms with E-state index in [0.717, 1.165) is 27.2 Å². The number of likely N-dealkylation sites (tertiary alicyclic amines) is 1. The molecule has 0 atom stereocenters. The van der Waals surface area contributed by atoms with E-state index in [1.54, 1.807) is 22.4 Å². The fourth-order valence-electron chi connectivity index (χ4n) is 2.53. The van der Waals surface area contributed by atoms with E-state index in [4.69, 9.17) is 4.74 Å². The minimum atomic E-state index is 0.0453. The highest BCUT2D eigenvalue weighted by Crippen LogP contribution is 2.26. The third-order valence-corrected chi connectivity index (χ3v) is 5.62. The van der Waals surface area contributed by atoms with Crippen LogP contribution in [0.25, 0.3) is 10.2 Å². The standard InChI is InChI=1S/C16H15N3O2S2/c1-2-14-18-12-4-3-10(7-13(12)23-14)15(20)19-8-11(9-19)21-16-17-5-6-22-16/h3-7,11H,2,8-9H2,1H3. The van der Waals surface area contributed by atoms with Crippen molar-refractivity contribution in [3.8, 4) is 5.19 Å². The number of ether oxygens (including phenoxy) is 1. The van der Waals surface area contributed by atoms with E-state index >= 15 is 0 Å². The van der Waals surface area contributed by atoms with Crippen LogP contribution in [-0.2, 0) is 6.42 Å². The van der Waals surface area contributed by atoms with Crippen LogP contribution >= 0.6 is 22.7 Å². The highest BCUT2D eigenvalue weighted by molar-refractivity contribution is 7.18. The molecule has 3 aromatic rings. The van der Waals surface area contributed by atoms with E-state index in [2.05, 4.69) is 16.9 Å². The van der Waals surface area contributed by atoms with Crippen LogP contribution in [0, 0.1) is 0 Å². The first kappa shape index (κ1) is 14.6. The van der Waals surface area contributed by atoms with Gasteiger partial charge in [0.1, 0.15) is 6.10 Å². The van der Waals surface area contributed by atoms with Gasteiger partial charge in [0.15, 0.2) is 0 Å². The van der Waals surface area contributed by atoms with Gasteiger partial charge in [-0.3, -0.25) is 4.79 Å². The molecule has 0 aliphatic carbocycles. The normalized spacial score (nSPS) is 14.9. The van der Waals surface area contributed by atoms with E-state index in [1.165, 1.54) is 11.3 Å². The van der Waals surface area contributed by atoms with Crippen LogP contribution in [0.5, 0.6) is 5.19 Å². The molecule has 1 aliphatic rings. The van der Waals surface area contributed by atoms with Gasteiger partial charge in [0.05, 0.1) is 28.3 Å². The summed E-state index contributed by atoms with van der Waals surface area (Å²) in [5.41, 5.74) is 1.69. The molecule has 0 spiro atoms. The summed E-state index contributed by atoms with van der Waals surface area (Å²) in [6.07, 6.45) is 2.69. The summed E-state index contributed by atoms with van der Waals surface area (Å²) >= 11 is 3.13. The molecule has 4 rings (SSSR count). The molecule has 0 saturated carbocycles. The van der Waals surface area contributed by atoms with Crippen molar-refractivity contribution in [2.24, 2.45) is 0 Å². The third kappa shape index (κ3) is 2.82. The summed E-state index contributed by atoms with van der Waals surface area (Å²) < 4.78 is 6.77. The molecule has 1 aromatic carbocycles. The predicted octanol–water partition coefficient (Wildman–Crippen LogP) is 3.22. The predicted molar refractivity (Wildman–Crippen MR) is 91.4 cm³/mol. The van der Waals surface area contributed by atoms with Gasteiger partial charge < -0.3 is 9.64 Å². The minimum Gasteiger partial charge on any atom is -0.463 e. The Hall–Kier alpha value is -1.99. The van der Waals surface area contributed by atoms with Gasteiger partial charge in [-0.2, -0.15) is 0 Å². The number of aromatic nitrogens is 2. The number of carbonyl (C=O) groups excluding carboxylic acids is 1. The van der Waals surface area contributed by atoms with Gasteiger partial charge in [-0.1, -0.05) is 18.3 Å². The van der Waals surface area contributed by atoms with Crippen LogP contribution in [0.2, 0.25) is 0 Å². The van der Waals surface area contributed by atoms with Crippen molar-refractivity contribution < 1.29 is 9.53 Å². The Morgan fingerprint density at radius 2 is 2.30 bits per heavy atom. The van der Waals surface area contributed by atoms with Gasteiger partial charge in [-0.15, -0.1) is 11.3 Å². The number of hydrogen-bond donors (Lipinski definition) is 0. The van der Waals surface area contributed by atoms with E-state index in [9.17, 15) is 4.79 Å². The summed E-state index contributed by atoms with van der Waals surface area (Å²) in [6.45, 7) is 3.31. The van der Waals surface area contributed by atoms with Crippen molar-refractivity contribution >= 4 is 38.8 Å². The molecule has 1 amide bonds. The number of carbonyl (C=O) groups is 1. The number of thiazole rings is 2. The Balaban J connectivity index is 1.43. The number of rotatable bonds is 4. The van der Waals surface area contributed by atoms with Crippen LogP contribution < -0.4 is 4.74 Å². The van der Waals surface area contributed by atoms with Gasteiger partial charge in [0.2, 0.25) is 0 Å². The molecule has 0 N–H and O–H groups in total. The summed E-state index contributed by atoms with van der Waals surface area (Å²) in [4.78, 5) is 23.0. The topological polar surface area (TPSA) is 55.3 Å². The quantitative estimate of drug-likeness (QED) is 0.728. The summed E-state index contributed by atoms with van der Waals surface area (Å²) in [7, 11) is 0. The van der Waals surface area contributed by atoms with Crippen molar-refractivity contribution in [2.45, 2.75) is 19.4 Å². The Morgan fingerprint density at radius 3 is 3.04 bits per heavy atom. The Morgan fingerprint density at radius 1 is 1.43 bits per heavy atom. The average molecular weight is 345 g/mol. The second kappa shape index (κ2) is 5.90. The molecule has 7 heteroatoms. The van der Waals surface area contributed by atoms with Crippen molar-refractivity contribution in [1.29, 1.82) is 0 Å². The van der Waals surface area contributed by atoms with Crippen LogP contribution in [0.3, 0.4) is 0 Å². The van der Waals surface area contributed by atoms with Gasteiger partial charge in [0, 0.05) is 17.1 Å². The molecular weight excluding hydrogens is 330 g/mol. The summed E-state index contributed by atoms with van der Waals surface area (Å²) in [6, 6.07) is 5.74. The smallest absolute Gasteiger partial charge is 0.273 e. The largest absolute Gasteiger partial charge is 0.463 e. The lowest BCUT2D eigenvalue weighted by Gasteiger charge is -2.38. The number of benzene rings is 1. The van der Waals surface area contributed by atoms with E-state index in [-0.39, 0.29) is 12.0 Å². The maximum atomic E-state index is 12.5. The molecule has 0 radical (unpaired) electrons. The van der Waals surface area contributed by atoms with Crippen molar-refractivity contribution in [3.05, 3.63) is 40.3 Å². The summed E-state index contributed by atoms with van der Waals surface area (Å²) in [5, 5.41) is 3.65. The fourth-order valence-corrected chi connectivity index (χ4v) is 4.03. The molecule has 1 aliphatic heterocycles. The molecule has 0 bridgehead atoms. The van der Waals surface area contributed by atoms with Crippen molar-refractivity contribution in [3.63, 3.8) is 0 Å². The zero-order valence-electron chi connectivity index (χ0n) is 12.6. The molecule has 1 fully saturated rings. The van der Waals surface area contributed by atoms with Crippen LogP contribution in [0.15, 0.2) is 29.8 Å². The van der Waals surface area contributed by atoms with Gasteiger partial charge >= 0.3 is 0 Å². The lowest BCUT2D eigenvalue weighted by Crippen LogP contribution is -2.56. The van der Waals surface area contributed by atoms with E-state index in [0.29, 0.717) is 18.3 Å². The number of amides is 1. The first-order chi connectivity index (χ1) is 11.2. The fraction of sp³-hybridized carbons (Fsp3) is 0.312. The second-order valence-electron chi connectivity index (χ2n) is 5.39. The highest BCUT2D eigenvalue weighted by atomic mass is 32.1. The Labute approximate surface area is 141 Å². The van der Waals surface area contributed by atoms with Crippen LogP contribution in [0.4, 0.5) is 0 Å². The highest BCUT2D eigenvalue weighted by Gasteiger charge is 2.33. The van der Waals surface area contributed by atoms with Gasteiger partial charge in [0.25, 0.3) is 11.1 Å². The molecule has 5 nitrogen and oxygen atoms in total. The lowest BCUT2D eigenvalue weighted by atomic mass is 10.1. The monoisotopic (exact) mass is 345 g/mol. The van der Waals surface area contributed by atoms with E-state index < -0.39 is 0 Å². The third-order valence-electron chi connectivity index (χ3n) is 3.79. The number of nitrogens with zero attached hydrogens (tertiary/aromatic N) is 3. The molecule has 3 heterocycles. The first-order valence-electron chi connectivity index (χ1n) is 7.48. The molecule has 2 aromatic heterocycles. The van der Waals surface area contributed by atoms with Crippen molar-refractivity contribution in [2.75, 3.05) is 13.1 Å². The number of hydrogen-bond acceptors (Lipinski definition) is 6. The van der Waals surface area contributed by atoms with Crippen molar-refractivity contribution in [1.82, 2.24) is 14.9 Å². The number of fused-ring (bicyclic) bond motifs is 1. The first-order valence-corrected chi connectivity index (χ1v) is 9.17. The zero-order chi connectivity index (χ0) is 15.8. The molecular formula is C16H15N3O2S2. The maximum absolute atomic E-state index is 12.5. The van der Waals surface area contributed by atoms with Crippen LogP contribution in [-0.4, -0.2) is 40.0 Å². The Bertz CT molecular complexity index is 838. The molecule has 118 valence electrons. The number of aryl methyl sites for hydroxylation is 1. The van der Waals surface area contributed by atoms with Gasteiger partial charge in [-0.25, -0.2) is 9.97 Å². The Kier molecular flexibility index (Phi) is 3.74. The molecule has 0 unspecified atom stereocenters. The van der Waals surface area contributed by atoms with Crippen LogP contribution in [0.1, 0.15) is 22.3 Å². The minimum absolute atomic E-state index is 0.0453.